The number of amides is 1. The van der Waals surface area contributed by atoms with Gasteiger partial charge in [-0.25, -0.2) is 4.79 Å². The number of hydrogen-bond acceptors (Lipinski definition) is 5. The van der Waals surface area contributed by atoms with Gasteiger partial charge >= 0.3 is 5.97 Å². The van der Waals surface area contributed by atoms with Gasteiger partial charge in [0.2, 0.25) is 0 Å². The smallest absolute Gasteiger partial charge is 0.332 e. The Morgan fingerprint density at radius 2 is 1.72 bits per heavy atom. The van der Waals surface area contributed by atoms with E-state index < -0.39 is 24.3 Å². The molecule has 7 nitrogen and oxygen atoms in total. The molecule has 2 fully saturated rings. The molecule has 1 amide bonds. The second-order valence-corrected chi connectivity index (χ2v) is 6.55. The predicted octanol–water partition coefficient (Wildman–Crippen LogP) is 1.94. The first-order chi connectivity index (χ1) is 12.0. The Morgan fingerprint density at radius 3 is 2.36 bits per heavy atom. The van der Waals surface area contributed by atoms with E-state index in [1.54, 1.807) is 24.3 Å². The molecule has 3 N–H and O–H groups in total. The van der Waals surface area contributed by atoms with Crippen LogP contribution in [0.1, 0.15) is 38.5 Å². The Kier molecular flexibility index (Phi) is 5.55. The van der Waals surface area contributed by atoms with Crippen LogP contribution in [0.5, 0.6) is 5.75 Å². The number of anilines is 1. The fraction of sp³-hybridized carbons (Fsp3) is 0.556. The molecular weight excluding hydrogens is 326 g/mol. The van der Waals surface area contributed by atoms with E-state index in [2.05, 4.69) is 5.32 Å². The van der Waals surface area contributed by atoms with E-state index in [1.807, 2.05) is 0 Å². The number of carbonyl (C=O) groups is 2. The molecular formula is C18H23NO6. The van der Waals surface area contributed by atoms with Crippen LogP contribution in [0.15, 0.2) is 24.3 Å². The van der Waals surface area contributed by atoms with E-state index >= 15 is 0 Å². The summed E-state index contributed by atoms with van der Waals surface area (Å²) in [4.78, 5) is 23.0. The fourth-order valence-electron chi connectivity index (χ4n) is 3.24. The van der Waals surface area contributed by atoms with Gasteiger partial charge in [0.15, 0.2) is 6.10 Å². The van der Waals surface area contributed by atoms with E-state index in [9.17, 15) is 14.7 Å². The predicted molar refractivity (Wildman–Crippen MR) is 89.5 cm³/mol. The number of aliphatic carboxylic acids is 1. The van der Waals surface area contributed by atoms with E-state index in [4.69, 9.17) is 14.6 Å². The second-order valence-electron chi connectivity index (χ2n) is 6.55. The van der Waals surface area contributed by atoms with Crippen molar-refractivity contribution in [2.45, 2.75) is 62.9 Å². The van der Waals surface area contributed by atoms with Gasteiger partial charge in [0.25, 0.3) is 5.91 Å². The maximum absolute atomic E-state index is 12.1. The van der Waals surface area contributed by atoms with Crippen molar-refractivity contribution in [3.8, 4) is 5.75 Å². The summed E-state index contributed by atoms with van der Waals surface area (Å²) in [5.41, 5.74) is 0.587. The standard InChI is InChI=1S/C18H23NO6/c20-13-3-1-2-4-14(13)24-12-7-5-11(6-8-12)19-17(21)15-9-10-16(25-15)18(22)23/h5-8,13-16,20H,1-4,9-10H2,(H,19,21)(H,22,23)/t13?,14?,15-,16+/m0/s1. The molecule has 1 saturated carbocycles. The van der Waals surface area contributed by atoms with Crippen LogP contribution in [0.2, 0.25) is 0 Å². The van der Waals surface area contributed by atoms with Crippen molar-refractivity contribution in [1.29, 1.82) is 0 Å². The molecule has 1 aliphatic heterocycles. The van der Waals surface area contributed by atoms with Gasteiger partial charge in [-0.3, -0.25) is 4.79 Å². The molecule has 0 bridgehead atoms. The first-order valence-electron chi connectivity index (χ1n) is 8.67. The molecule has 2 unspecified atom stereocenters. The Balaban J connectivity index is 1.52. The van der Waals surface area contributed by atoms with E-state index in [-0.39, 0.29) is 12.0 Å². The molecule has 1 heterocycles. The molecule has 1 saturated heterocycles. The van der Waals surface area contributed by atoms with Crippen LogP contribution in [-0.2, 0) is 14.3 Å². The molecule has 1 aromatic carbocycles. The normalized spacial score (nSPS) is 29.2. The Morgan fingerprint density at radius 1 is 1.04 bits per heavy atom. The number of nitrogens with one attached hydrogen (secondary N) is 1. The van der Waals surface area contributed by atoms with Crippen molar-refractivity contribution in [2.75, 3.05) is 5.32 Å². The zero-order valence-corrected chi connectivity index (χ0v) is 13.9. The number of hydrogen-bond donors (Lipinski definition) is 3. The van der Waals surface area contributed by atoms with Crippen LogP contribution < -0.4 is 10.1 Å². The highest BCUT2D eigenvalue weighted by atomic mass is 16.5. The van der Waals surface area contributed by atoms with Gasteiger partial charge < -0.3 is 25.0 Å². The van der Waals surface area contributed by atoms with Crippen molar-refractivity contribution < 1.29 is 29.3 Å². The van der Waals surface area contributed by atoms with Crippen molar-refractivity contribution >= 4 is 17.6 Å². The lowest BCUT2D eigenvalue weighted by Gasteiger charge is -2.28. The van der Waals surface area contributed by atoms with Gasteiger partial charge in [-0.05, 0) is 56.4 Å². The minimum atomic E-state index is -1.04. The SMILES string of the molecule is O=C(Nc1ccc(OC2CCCCC2O)cc1)[C@@H]1CC[C@H](C(=O)O)O1. The van der Waals surface area contributed by atoms with E-state index in [0.717, 1.165) is 25.7 Å². The molecule has 7 heteroatoms. The van der Waals surface area contributed by atoms with Crippen LogP contribution >= 0.6 is 0 Å². The zero-order valence-electron chi connectivity index (χ0n) is 13.9. The number of carboxylic acid groups (broad SMARTS) is 1. The summed E-state index contributed by atoms with van der Waals surface area (Å²) in [5.74, 6) is -0.742. The minimum absolute atomic E-state index is 0.186. The molecule has 1 aromatic rings. The lowest BCUT2D eigenvalue weighted by atomic mass is 9.95. The average molecular weight is 349 g/mol. The van der Waals surface area contributed by atoms with Gasteiger partial charge in [-0.15, -0.1) is 0 Å². The first-order valence-corrected chi connectivity index (χ1v) is 8.67. The van der Waals surface area contributed by atoms with Gasteiger partial charge in [-0.1, -0.05) is 6.42 Å². The van der Waals surface area contributed by atoms with Crippen LogP contribution in [-0.4, -0.2) is 46.5 Å². The average Bonchev–Trinajstić information content (AvgIpc) is 3.09. The van der Waals surface area contributed by atoms with Crippen LogP contribution in [0.3, 0.4) is 0 Å². The highest BCUT2D eigenvalue weighted by molar-refractivity contribution is 5.94. The number of aliphatic hydroxyl groups is 1. The lowest BCUT2D eigenvalue weighted by molar-refractivity contribution is -0.150. The maximum atomic E-state index is 12.1. The highest BCUT2D eigenvalue weighted by Gasteiger charge is 2.34. The molecule has 25 heavy (non-hydrogen) atoms. The summed E-state index contributed by atoms with van der Waals surface area (Å²) >= 11 is 0. The number of benzene rings is 1. The molecule has 4 atom stereocenters. The topological polar surface area (TPSA) is 105 Å². The molecule has 3 rings (SSSR count). The summed E-state index contributed by atoms with van der Waals surface area (Å²) < 4.78 is 11.0. The van der Waals surface area contributed by atoms with Crippen molar-refractivity contribution in [2.24, 2.45) is 0 Å². The summed E-state index contributed by atoms with van der Waals surface area (Å²) in [7, 11) is 0. The van der Waals surface area contributed by atoms with E-state index in [1.165, 1.54) is 0 Å². The van der Waals surface area contributed by atoms with Crippen LogP contribution in [0.25, 0.3) is 0 Å². The first kappa shape index (κ1) is 17.7. The third-order valence-corrected chi connectivity index (χ3v) is 4.66. The number of carbonyl (C=O) groups excluding carboxylic acids is 1. The Hall–Kier alpha value is -2.12. The monoisotopic (exact) mass is 349 g/mol. The lowest BCUT2D eigenvalue weighted by Crippen LogP contribution is -2.34. The van der Waals surface area contributed by atoms with Gasteiger partial charge in [0.1, 0.15) is 18.0 Å². The molecule has 0 aromatic heterocycles. The van der Waals surface area contributed by atoms with Gasteiger partial charge in [-0.2, -0.15) is 0 Å². The number of rotatable bonds is 5. The molecule has 0 radical (unpaired) electrons. The number of ether oxygens (including phenoxy) is 2. The minimum Gasteiger partial charge on any atom is -0.488 e. The number of carboxylic acids is 1. The van der Waals surface area contributed by atoms with Crippen LogP contribution in [0, 0.1) is 0 Å². The second kappa shape index (κ2) is 7.84. The molecule has 0 spiro atoms. The summed E-state index contributed by atoms with van der Waals surface area (Å²) in [6, 6.07) is 6.91. The Labute approximate surface area is 145 Å². The van der Waals surface area contributed by atoms with Gasteiger partial charge in [0, 0.05) is 5.69 Å². The van der Waals surface area contributed by atoms with Crippen molar-refractivity contribution in [1.82, 2.24) is 0 Å². The highest BCUT2D eigenvalue weighted by Crippen LogP contribution is 2.26. The molecule has 1 aliphatic carbocycles. The fourth-order valence-corrected chi connectivity index (χ4v) is 3.24. The summed E-state index contributed by atoms with van der Waals surface area (Å²) in [5, 5.41) is 21.6. The third-order valence-electron chi connectivity index (χ3n) is 4.66. The quantitative estimate of drug-likeness (QED) is 0.750. The van der Waals surface area contributed by atoms with E-state index in [0.29, 0.717) is 24.3 Å². The molecule has 2 aliphatic rings. The maximum Gasteiger partial charge on any atom is 0.332 e. The van der Waals surface area contributed by atoms with Gasteiger partial charge in [0.05, 0.1) is 6.10 Å². The summed E-state index contributed by atoms with van der Waals surface area (Å²) in [6.07, 6.45) is 2.13. The largest absolute Gasteiger partial charge is 0.488 e. The third kappa shape index (κ3) is 4.49. The number of aliphatic hydroxyl groups excluding tert-OH is 1. The van der Waals surface area contributed by atoms with Crippen molar-refractivity contribution in [3.63, 3.8) is 0 Å². The van der Waals surface area contributed by atoms with Crippen molar-refractivity contribution in [3.05, 3.63) is 24.3 Å². The summed E-state index contributed by atoms with van der Waals surface area (Å²) in [6.45, 7) is 0. The van der Waals surface area contributed by atoms with Crippen LogP contribution in [0.4, 0.5) is 5.69 Å². The Bertz CT molecular complexity index is 616. The molecule has 136 valence electrons. The zero-order chi connectivity index (χ0) is 17.8.